The molecule has 1 aromatic heterocycles. The summed E-state index contributed by atoms with van der Waals surface area (Å²) in [5.41, 5.74) is 4.42. The number of nitrogens with zero attached hydrogens (tertiary/aromatic N) is 2. The standard InChI is InChI=1S/C13H16F2N4/c1-19-8-10(7-17-19)5-11(18-16)4-9-2-3-12(14)13(15)6-9/h2-3,6-8,11,18H,4-5,16H2,1H3. The van der Waals surface area contributed by atoms with Gasteiger partial charge in [-0.15, -0.1) is 0 Å². The molecular weight excluding hydrogens is 250 g/mol. The summed E-state index contributed by atoms with van der Waals surface area (Å²) < 4.78 is 27.7. The molecule has 1 heterocycles. The van der Waals surface area contributed by atoms with Crippen LogP contribution in [0.2, 0.25) is 0 Å². The summed E-state index contributed by atoms with van der Waals surface area (Å²) in [6.45, 7) is 0. The van der Waals surface area contributed by atoms with Crippen LogP contribution in [0.4, 0.5) is 8.78 Å². The normalized spacial score (nSPS) is 12.6. The Morgan fingerprint density at radius 3 is 2.58 bits per heavy atom. The van der Waals surface area contributed by atoms with Gasteiger partial charge >= 0.3 is 0 Å². The van der Waals surface area contributed by atoms with Gasteiger partial charge in [-0.25, -0.2) is 8.78 Å². The Hall–Kier alpha value is -1.79. The predicted molar refractivity (Wildman–Crippen MR) is 68.1 cm³/mol. The van der Waals surface area contributed by atoms with E-state index in [1.807, 2.05) is 13.2 Å². The fraction of sp³-hybridized carbons (Fsp3) is 0.308. The third kappa shape index (κ3) is 3.59. The van der Waals surface area contributed by atoms with Crippen LogP contribution >= 0.6 is 0 Å². The Balaban J connectivity index is 2.04. The number of hydrogen-bond donors (Lipinski definition) is 2. The summed E-state index contributed by atoms with van der Waals surface area (Å²) in [7, 11) is 1.84. The maximum atomic E-state index is 13.1. The van der Waals surface area contributed by atoms with Crippen molar-refractivity contribution in [2.24, 2.45) is 12.9 Å². The number of rotatable bonds is 5. The summed E-state index contributed by atoms with van der Waals surface area (Å²) in [5, 5.41) is 4.08. The Morgan fingerprint density at radius 2 is 2.00 bits per heavy atom. The minimum absolute atomic E-state index is 0.0611. The number of halogens is 2. The smallest absolute Gasteiger partial charge is 0.159 e. The maximum absolute atomic E-state index is 13.1. The first-order valence-corrected chi connectivity index (χ1v) is 5.96. The molecular formula is C13H16F2N4. The number of hydrazine groups is 1. The Morgan fingerprint density at radius 1 is 1.26 bits per heavy atom. The summed E-state index contributed by atoms with van der Waals surface area (Å²) in [6.07, 6.45) is 4.84. The van der Waals surface area contributed by atoms with Gasteiger partial charge in [0, 0.05) is 19.3 Å². The van der Waals surface area contributed by atoms with Gasteiger partial charge in [-0.3, -0.25) is 16.0 Å². The van der Waals surface area contributed by atoms with E-state index in [0.717, 1.165) is 11.6 Å². The largest absolute Gasteiger partial charge is 0.276 e. The molecule has 0 aliphatic carbocycles. The highest BCUT2D eigenvalue weighted by Crippen LogP contribution is 2.12. The number of nitrogens with two attached hydrogens (primary N) is 1. The molecule has 1 unspecified atom stereocenters. The van der Waals surface area contributed by atoms with Crippen LogP contribution in [-0.2, 0) is 19.9 Å². The zero-order valence-corrected chi connectivity index (χ0v) is 10.6. The molecule has 0 fully saturated rings. The van der Waals surface area contributed by atoms with Crippen LogP contribution in [0, 0.1) is 11.6 Å². The SMILES string of the molecule is Cn1cc(CC(Cc2ccc(F)c(F)c2)NN)cn1. The van der Waals surface area contributed by atoms with Crippen LogP contribution in [0.3, 0.4) is 0 Å². The monoisotopic (exact) mass is 266 g/mol. The molecule has 2 rings (SSSR count). The van der Waals surface area contributed by atoms with Crippen LogP contribution in [0.25, 0.3) is 0 Å². The predicted octanol–water partition coefficient (Wildman–Crippen LogP) is 1.32. The average molecular weight is 266 g/mol. The van der Waals surface area contributed by atoms with E-state index in [9.17, 15) is 8.78 Å². The van der Waals surface area contributed by atoms with Gasteiger partial charge in [0.2, 0.25) is 0 Å². The molecule has 0 spiro atoms. The van der Waals surface area contributed by atoms with E-state index in [1.54, 1.807) is 16.9 Å². The van der Waals surface area contributed by atoms with Crippen molar-refractivity contribution >= 4 is 0 Å². The minimum Gasteiger partial charge on any atom is -0.276 e. The topological polar surface area (TPSA) is 55.9 Å². The van der Waals surface area contributed by atoms with Crippen LogP contribution in [-0.4, -0.2) is 15.8 Å². The highest BCUT2D eigenvalue weighted by atomic mass is 19.2. The van der Waals surface area contributed by atoms with Crippen molar-refractivity contribution in [2.75, 3.05) is 0 Å². The van der Waals surface area contributed by atoms with Gasteiger partial charge in [0.15, 0.2) is 11.6 Å². The van der Waals surface area contributed by atoms with Crippen molar-refractivity contribution in [2.45, 2.75) is 18.9 Å². The molecule has 0 saturated carbocycles. The lowest BCUT2D eigenvalue weighted by molar-refractivity contribution is 0.498. The number of aromatic nitrogens is 2. The highest BCUT2D eigenvalue weighted by molar-refractivity contribution is 5.19. The molecule has 0 aliphatic heterocycles. The second kappa shape index (κ2) is 5.90. The molecule has 2 aromatic rings. The van der Waals surface area contributed by atoms with Gasteiger partial charge in [0.25, 0.3) is 0 Å². The first-order valence-electron chi connectivity index (χ1n) is 5.96. The number of aryl methyl sites for hydroxylation is 1. The van der Waals surface area contributed by atoms with E-state index < -0.39 is 11.6 Å². The summed E-state index contributed by atoms with van der Waals surface area (Å²) in [4.78, 5) is 0. The molecule has 0 saturated heterocycles. The van der Waals surface area contributed by atoms with Crippen LogP contribution in [0.15, 0.2) is 30.6 Å². The molecule has 0 amide bonds. The zero-order valence-electron chi connectivity index (χ0n) is 10.6. The van der Waals surface area contributed by atoms with Gasteiger partial charge in [-0.2, -0.15) is 5.10 Å². The van der Waals surface area contributed by atoms with Crippen LogP contribution in [0.1, 0.15) is 11.1 Å². The second-order valence-electron chi connectivity index (χ2n) is 4.54. The molecule has 0 aliphatic rings. The third-order valence-electron chi connectivity index (χ3n) is 2.94. The fourth-order valence-corrected chi connectivity index (χ4v) is 2.00. The van der Waals surface area contributed by atoms with E-state index in [4.69, 9.17) is 5.84 Å². The third-order valence-corrected chi connectivity index (χ3v) is 2.94. The molecule has 1 atom stereocenters. The Labute approximate surface area is 110 Å². The number of benzene rings is 1. The lowest BCUT2D eigenvalue weighted by Crippen LogP contribution is -2.38. The fourth-order valence-electron chi connectivity index (χ4n) is 2.00. The summed E-state index contributed by atoms with van der Waals surface area (Å²) in [5.74, 6) is 3.82. The van der Waals surface area contributed by atoms with Gasteiger partial charge in [-0.1, -0.05) is 6.07 Å². The van der Waals surface area contributed by atoms with E-state index in [-0.39, 0.29) is 6.04 Å². The van der Waals surface area contributed by atoms with Gasteiger partial charge in [-0.05, 0) is 36.1 Å². The lowest BCUT2D eigenvalue weighted by Gasteiger charge is -2.15. The van der Waals surface area contributed by atoms with Crippen LogP contribution in [0.5, 0.6) is 0 Å². The molecule has 3 N–H and O–H groups in total. The molecule has 102 valence electrons. The molecule has 19 heavy (non-hydrogen) atoms. The maximum Gasteiger partial charge on any atom is 0.159 e. The average Bonchev–Trinajstić information content (AvgIpc) is 2.78. The molecule has 0 bridgehead atoms. The van der Waals surface area contributed by atoms with Crippen molar-refractivity contribution < 1.29 is 8.78 Å². The van der Waals surface area contributed by atoms with Crippen LogP contribution < -0.4 is 11.3 Å². The second-order valence-corrected chi connectivity index (χ2v) is 4.54. The Bertz CT molecular complexity index is 553. The van der Waals surface area contributed by atoms with Gasteiger partial charge < -0.3 is 0 Å². The van der Waals surface area contributed by atoms with Crippen molar-refractivity contribution in [3.05, 3.63) is 53.4 Å². The zero-order chi connectivity index (χ0) is 13.8. The molecule has 4 nitrogen and oxygen atoms in total. The quantitative estimate of drug-likeness (QED) is 0.634. The first kappa shape index (κ1) is 13.6. The molecule has 0 radical (unpaired) electrons. The molecule has 1 aromatic carbocycles. The Kier molecular flexibility index (Phi) is 4.24. The summed E-state index contributed by atoms with van der Waals surface area (Å²) >= 11 is 0. The van der Waals surface area contributed by atoms with Crippen molar-refractivity contribution in [3.8, 4) is 0 Å². The highest BCUT2D eigenvalue weighted by Gasteiger charge is 2.11. The first-order chi connectivity index (χ1) is 9.08. The molecule has 6 heteroatoms. The minimum atomic E-state index is -0.840. The van der Waals surface area contributed by atoms with Crippen molar-refractivity contribution in [3.63, 3.8) is 0 Å². The van der Waals surface area contributed by atoms with E-state index in [2.05, 4.69) is 10.5 Å². The van der Waals surface area contributed by atoms with E-state index in [0.29, 0.717) is 18.4 Å². The number of nitrogens with one attached hydrogen (secondary N) is 1. The van der Waals surface area contributed by atoms with Gasteiger partial charge in [0.1, 0.15) is 0 Å². The van der Waals surface area contributed by atoms with Crippen molar-refractivity contribution in [1.29, 1.82) is 0 Å². The number of hydrogen-bond acceptors (Lipinski definition) is 3. The van der Waals surface area contributed by atoms with Gasteiger partial charge in [0.05, 0.1) is 6.20 Å². The lowest BCUT2D eigenvalue weighted by atomic mass is 10.0. The van der Waals surface area contributed by atoms with E-state index in [1.165, 1.54) is 6.07 Å². The van der Waals surface area contributed by atoms with Crippen molar-refractivity contribution in [1.82, 2.24) is 15.2 Å². The summed E-state index contributed by atoms with van der Waals surface area (Å²) in [6, 6.07) is 3.83. The van der Waals surface area contributed by atoms with E-state index >= 15 is 0 Å².